The monoisotopic (exact) mass is 277 g/mol. The molecule has 20 heavy (non-hydrogen) atoms. The molecular formula is C15H27N5. The molecule has 1 fully saturated rings. The average Bonchev–Trinajstić information content (AvgIpc) is 2.46. The number of hydrogen-bond acceptors (Lipinski definition) is 5. The van der Waals surface area contributed by atoms with E-state index in [4.69, 9.17) is 0 Å². The van der Waals surface area contributed by atoms with Crippen molar-refractivity contribution in [3.8, 4) is 0 Å². The van der Waals surface area contributed by atoms with E-state index >= 15 is 0 Å². The highest BCUT2D eigenvalue weighted by atomic mass is 15.3. The fraction of sp³-hybridized carbons (Fsp3) is 0.733. The van der Waals surface area contributed by atoms with Crippen molar-refractivity contribution in [3.63, 3.8) is 0 Å². The van der Waals surface area contributed by atoms with Gasteiger partial charge in [0.15, 0.2) is 11.6 Å². The Bertz CT molecular complexity index is 424. The molecule has 0 bridgehead atoms. The Labute approximate surface area is 122 Å². The van der Waals surface area contributed by atoms with Crippen molar-refractivity contribution < 1.29 is 0 Å². The summed E-state index contributed by atoms with van der Waals surface area (Å²) in [7, 11) is 8.39. The lowest BCUT2D eigenvalue weighted by Gasteiger charge is -2.38. The van der Waals surface area contributed by atoms with Gasteiger partial charge in [0.1, 0.15) is 0 Å². The van der Waals surface area contributed by atoms with Crippen LogP contribution in [0.5, 0.6) is 0 Å². The first-order valence-corrected chi connectivity index (χ1v) is 7.40. The minimum absolute atomic E-state index is 0.646. The molecule has 0 unspecified atom stereocenters. The normalized spacial score (nSPS) is 18.4. The molecule has 2 rings (SSSR count). The Kier molecular flexibility index (Phi) is 4.81. The molecule has 1 aromatic rings. The van der Waals surface area contributed by atoms with Crippen LogP contribution in [0.3, 0.4) is 0 Å². The molecule has 0 amide bonds. The summed E-state index contributed by atoms with van der Waals surface area (Å²) in [6.45, 7) is 4.47. The topological polar surface area (TPSA) is 35.5 Å². The zero-order valence-corrected chi connectivity index (χ0v) is 13.4. The predicted octanol–water partition coefficient (Wildman–Crippen LogP) is 1.71. The van der Waals surface area contributed by atoms with Crippen molar-refractivity contribution in [2.45, 2.75) is 25.8 Å². The van der Waals surface area contributed by atoms with Gasteiger partial charge in [0, 0.05) is 45.6 Å². The number of rotatable bonds is 4. The van der Waals surface area contributed by atoms with Gasteiger partial charge in [-0.3, -0.25) is 0 Å². The van der Waals surface area contributed by atoms with E-state index in [1.807, 2.05) is 19.0 Å². The number of anilines is 2. The molecule has 1 atom stereocenters. The molecule has 1 aliphatic rings. The van der Waals surface area contributed by atoms with Crippen LogP contribution in [-0.2, 0) is 0 Å². The molecule has 0 aromatic carbocycles. The van der Waals surface area contributed by atoms with Crippen LogP contribution in [0.25, 0.3) is 0 Å². The van der Waals surface area contributed by atoms with E-state index in [1.54, 1.807) is 12.4 Å². The first-order chi connectivity index (χ1) is 9.50. The van der Waals surface area contributed by atoms with E-state index < -0.39 is 0 Å². The number of aromatic nitrogens is 2. The van der Waals surface area contributed by atoms with Crippen molar-refractivity contribution in [2.75, 3.05) is 51.1 Å². The van der Waals surface area contributed by atoms with Crippen LogP contribution in [0.1, 0.15) is 19.8 Å². The molecule has 5 heteroatoms. The maximum atomic E-state index is 4.54. The van der Waals surface area contributed by atoms with Crippen LogP contribution in [-0.4, -0.2) is 62.2 Å². The van der Waals surface area contributed by atoms with Crippen molar-refractivity contribution in [1.82, 2.24) is 14.9 Å². The summed E-state index contributed by atoms with van der Waals surface area (Å²) in [5.41, 5.74) is 0. The van der Waals surface area contributed by atoms with Crippen LogP contribution in [0.15, 0.2) is 12.4 Å². The fourth-order valence-electron chi connectivity index (χ4n) is 2.88. The zero-order valence-electron chi connectivity index (χ0n) is 13.4. The summed E-state index contributed by atoms with van der Waals surface area (Å²) in [5, 5.41) is 0. The lowest BCUT2D eigenvalue weighted by molar-refractivity contribution is 0.199. The SMILES string of the molecule is C[C@@H](C1CCN(c2nccnc2N(C)C)CC1)N(C)C. The highest BCUT2D eigenvalue weighted by Crippen LogP contribution is 2.29. The Balaban J connectivity index is 2.04. The number of hydrogen-bond donors (Lipinski definition) is 0. The second kappa shape index (κ2) is 6.39. The largest absolute Gasteiger partial charge is 0.360 e. The zero-order chi connectivity index (χ0) is 14.7. The third-order valence-corrected chi connectivity index (χ3v) is 4.42. The third-order valence-electron chi connectivity index (χ3n) is 4.42. The lowest BCUT2D eigenvalue weighted by atomic mass is 9.90. The fourth-order valence-corrected chi connectivity index (χ4v) is 2.88. The van der Waals surface area contributed by atoms with Gasteiger partial charge >= 0.3 is 0 Å². The summed E-state index contributed by atoms with van der Waals surface area (Å²) in [6, 6.07) is 0.646. The number of nitrogens with zero attached hydrogens (tertiary/aromatic N) is 5. The lowest BCUT2D eigenvalue weighted by Crippen LogP contribution is -2.42. The van der Waals surface area contributed by atoms with Gasteiger partial charge in [-0.1, -0.05) is 0 Å². The first-order valence-electron chi connectivity index (χ1n) is 7.40. The maximum absolute atomic E-state index is 4.54. The molecule has 0 saturated carbocycles. The molecule has 1 aromatic heterocycles. The van der Waals surface area contributed by atoms with Gasteiger partial charge in [-0.25, -0.2) is 9.97 Å². The Hall–Kier alpha value is -1.36. The maximum Gasteiger partial charge on any atom is 0.171 e. The van der Waals surface area contributed by atoms with Crippen molar-refractivity contribution in [2.24, 2.45) is 5.92 Å². The van der Waals surface area contributed by atoms with E-state index in [0.717, 1.165) is 30.6 Å². The Morgan fingerprint density at radius 1 is 1.10 bits per heavy atom. The van der Waals surface area contributed by atoms with Crippen LogP contribution in [0.2, 0.25) is 0 Å². The molecule has 112 valence electrons. The first kappa shape index (κ1) is 15.0. The van der Waals surface area contributed by atoms with Gasteiger partial charge in [-0.2, -0.15) is 0 Å². The van der Waals surface area contributed by atoms with Crippen molar-refractivity contribution >= 4 is 11.6 Å². The summed E-state index contributed by atoms with van der Waals surface area (Å²) >= 11 is 0. The smallest absolute Gasteiger partial charge is 0.171 e. The van der Waals surface area contributed by atoms with Gasteiger partial charge < -0.3 is 14.7 Å². The van der Waals surface area contributed by atoms with E-state index in [1.165, 1.54) is 12.8 Å². The Morgan fingerprint density at radius 3 is 2.25 bits per heavy atom. The molecule has 0 spiro atoms. The minimum atomic E-state index is 0.646. The average molecular weight is 277 g/mol. The molecule has 2 heterocycles. The van der Waals surface area contributed by atoms with Crippen LogP contribution < -0.4 is 9.80 Å². The van der Waals surface area contributed by atoms with Gasteiger partial charge in [0.05, 0.1) is 0 Å². The molecule has 0 radical (unpaired) electrons. The second-order valence-corrected chi connectivity index (χ2v) is 6.13. The van der Waals surface area contributed by atoms with Crippen molar-refractivity contribution in [1.29, 1.82) is 0 Å². The van der Waals surface area contributed by atoms with Crippen LogP contribution in [0, 0.1) is 5.92 Å². The van der Waals surface area contributed by atoms with Gasteiger partial charge in [0.2, 0.25) is 0 Å². The van der Waals surface area contributed by atoms with E-state index in [9.17, 15) is 0 Å². The third kappa shape index (κ3) is 3.20. The molecule has 1 saturated heterocycles. The minimum Gasteiger partial charge on any atom is -0.360 e. The predicted molar refractivity (Wildman–Crippen MR) is 84.4 cm³/mol. The molecule has 0 aliphatic carbocycles. The second-order valence-electron chi connectivity index (χ2n) is 6.13. The summed E-state index contributed by atoms with van der Waals surface area (Å²) in [4.78, 5) is 15.7. The van der Waals surface area contributed by atoms with Gasteiger partial charge in [-0.15, -0.1) is 0 Å². The van der Waals surface area contributed by atoms with E-state index in [-0.39, 0.29) is 0 Å². The quantitative estimate of drug-likeness (QED) is 0.837. The highest BCUT2D eigenvalue weighted by molar-refractivity contribution is 5.61. The Morgan fingerprint density at radius 2 is 1.70 bits per heavy atom. The molecule has 1 aliphatic heterocycles. The molecule has 5 nitrogen and oxygen atoms in total. The van der Waals surface area contributed by atoms with Crippen LogP contribution in [0.4, 0.5) is 11.6 Å². The molecular weight excluding hydrogens is 250 g/mol. The molecule has 0 N–H and O–H groups in total. The summed E-state index contributed by atoms with van der Waals surface area (Å²) < 4.78 is 0. The van der Waals surface area contributed by atoms with Gasteiger partial charge in [-0.05, 0) is 39.8 Å². The van der Waals surface area contributed by atoms with E-state index in [0.29, 0.717) is 6.04 Å². The van der Waals surface area contributed by atoms with Crippen molar-refractivity contribution in [3.05, 3.63) is 12.4 Å². The summed E-state index contributed by atoms with van der Waals surface area (Å²) in [5.74, 6) is 2.76. The standard InChI is InChI=1S/C15H27N5/c1-12(18(2)3)13-6-10-20(11-7-13)15-14(19(4)5)16-8-9-17-15/h8-9,12-13H,6-7,10-11H2,1-5H3/t12-/m0/s1. The highest BCUT2D eigenvalue weighted by Gasteiger charge is 2.27. The number of piperidine rings is 1. The van der Waals surface area contributed by atoms with E-state index in [2.05, 4.69) is 40.8 Å². The van der Waals surface area contributed by atoms with Gasteiger partial charge in [0.25, 0.3) is 0 Å². The summed E-state index contributed by atoms with van der Waals surface area (Å²) in [6.07, 6.45) is 6.00. The van der Waals surface area contributed by atoms with Crippen LogP contribution >= 0.6 is 0 Å².